The van der Waals surface area contributed by atoms with Gasteiger partial charge in [0.05, 0.1) is 35.1 Å². The van der Waals surface area contributed by atoms with E-state index in [4.69, 9.17) is 11.6 Å². The molecule has 2 aromatic carbocycles. The number of halogens is 7. The minimum absolute atomic E-state index is 0.00493. The number of nitrogens with one attached hydrogen (secondary N) is 1. The van der Waals surface area contributed by atoms with Gasteiger partial charge in [0.15, 0.2) is 11.6 Å². The number of phenolic OH excluding ortho intramolecular Hbond substituents is 1. The molecule has 0 amide bonds. The zero-order valence-electron chi connectivity index (χ0n) is 18.8. The first-order chi connectivity index (χ1) is 17.8. The Morgan fingerprint density at radius 1 is 1.05 bits per heavy atom. The molecule has 0 fully saturated rings. The molecule has 2 atom stereocenters. The van der Waals surface area contributed by atoms with Crippen LogP contribution in [0.3, 0.4) is 0 Å². The van der Waals surface area contributed by atoms with Crippen molar-refractivity contribution < 1.29 is 41.7 Å². The van der Waals surface area contributed by atoms with Crippen LogP contribution in [0.15, 0.2) is 59.5 Å². The molecule has 2 aromatic heterocycles. The third-order valence-corrected chi connectivity index (χ3v) is 6.16. The van der Waals surface area contributed by atoms with E-state index in [2.05, 4.69) is 10.3 Å². The SMILES string of the molecule is O=c1ccc2c(NC(c3ccc(Cl)c(F)c3O)C(O)(CO)C(F)(F)F)cc(F)cc2n1-c1ccc(F)nc1. The molecule has 0 aliphatic rings. The number of hydrogen-bond donors (Lipinski definition) is 4. The number of phenols is 1. The van der Waals surface area contributed by atoms with Crippen LogP contribution < -0.4 is 10.9 Å². The predicted octanol–water partition coefficient (Wildman–Crippen LogP) is 4.60. The average molecular weight is 560 g/mol. The smallest absolute Gasteiger partial charge is 0.421 e. The highest BCUT2D eigenvalue weighted by atomic mass is 35.5. The van der Waals surface area contributed by atoms with Crippen molar-refractivity contribution in [3.63, 3.8) is 0 Å². The van der Waals surface area contributed by atoms with Gasteiger partial charge in [-0.15, -0.1) is 0 Å². The number of aliphatic hydroxyl groups excluding tert-OH is 1. The summed E-state index contributed by atoms with van der Waals surface area (Å²) in [5, 5.41) is 31.9. The first kappa shape index (κ1) is 27.2. The number of nitrogens with zero attached hydrogens (tertiary/aromatic N) is 2. The topological polar surface area (TPSA) is 108 Å². The van der Waals surface area contributed by atoms with Crippen molar-refractivity contribution in [1.29, 1.82) is 0 Å². The van der Waals surface area contributed by atoms with Crippen LogP contribution in [0.2, 0.25) is 5.02 Å². The molecule has 4 rings (SSSR count). The molecule has 0 saturated heterocycles. The third-order valence-electron chi connectivity index (χ3n) is 5.87. The van der Waals surface area contributed by atoms with Gasteiger partial charge in [0.1, 0.15) is 5.82 Å². The van der Waals surface area contributed by atoms with Crippen molar-refractivity contribution in [2.75, 3.05) is 11.9 Å². The van der Waals surface area contributed by atoms with Gasteiger partial charge in [-0.25, -0.2) is 13.8 Å². The standard InChI is InChI=1S/C24H16ClF6N3O4/c25-15-4-2-14(21(37)20(15)28)22(23(38,10-35)24(29,30)31)33-16-7-11(26)8-17-13(16)3-6-19(36)34(17)12-1-5-18(27)32-9-12/h1-9,22,33,35,37-38H,10H2. The zero-order valence-corrected chi connectivity index (χ0v) is 19.5. The Balaban J connectivity index is 1.99. The van der Waals surface area contributed by atoms with E-state index in [-0.39, 0.29) is 16.6 Å². The maximum atomic E-state index is 14.8. The predicted molar refractivity (Wildman–Crippen MR) is 125 cm³/mol. The Bertz CT molecular complexity index is 1580. The van der Waals surface area contributed by atoms with Crippen LogP contribution in [0, 0.1) is 17.6 Å². The van der Waals surface area contributed by atoms with Crippen LogP contribution in [0.5, 0.6) is 5.75 Å². The summed E-state index contributed by atoms with van der Waals surface area (Å²) in [6, 6.07) is 4.90. The summed E-state index contributed by atoms with van der Waals surface area (Å²) in [5.41, 5.74) is -6.26. The number of hydrogen-bond acceptors (Lipinski definition) is 6. The molecule has 7 nitrogen and oxygen atoms in total. The lowest BCUT2D eigenvalue weighted by Crippen LogP contribution is -2.55. The molecule has 0 bridgehead atoms. The number of aromatic nitrogens is 2. The number of fused-ring (bicyclic) bond motifs is 1. The van der Waals surface area contributed by atoms with E-state index in [1.165, 1.54) is 0 Å². The minimum Gasteiger partial charge on any atom is -0.505 e. The van der Waals surface area contributed by atoms with Gasteiger partial charge in [-0.2, -0.15) is 17.6 Å². The largest absolute Gasteiger partial charge is 0.505 e. The van der Waals surface area contributed by atoms with Gasteiger partial charge in [0.25, 0.3) is 5.56 Å². The highest BCUT2D eigenvalue weighted by molar-refractivity contribution is 6.30. The summed E-state index contributed by atoms with van der Waals surface area (Å²) in [5.74, 6) is -4.79. The van der Waals surface area contributed by atoms with Crippen LogP contribution in [0.1, 0.15) is 11.6 Å². The van der Waals surface area contributed by atoms with Crippen molar-refractivity contribution in [3.05, 3.63) is 93.2 Å². The monoisotopic (exact) mass is 559 g/mol. The summed E-state index contributed by atoms with van der Waals surface area (Å²) >= 11 is 5.59. The van der Waals surface area contributed by atoms with Crippen molar-refractivity contribution in [2.45, 2.75) is 17.8 Å². The second kappa shape index (κ2) is 9.82. The quantitative estimate of drug-likeness (QED) is 0.203. The molecule has 2 unspecified atom stereocenters. The second-order valence-corrected chi connectivity index (χ2v) is 8.60. The van der Waals surface area contributed by atoms with E-state index in [0.717, 1.165) is 59.3 Å². The van der Waals surface area contributed by atoms with E-state index in [0.29, 0.717) is 0 Å². The second-order valence-electron chi connectivity index (χ2n) is 8.19. The molecule has 4 N–H and O–H groups in total. The van der Waals surface area contributed by atoms with E-state index in [1.54, 1.807) is 0 Å². The minimum atomic E-state index is -5.55. The van der Waals surface area contributed by atoms with Gasteiger partial charge in [-0.3, -0.25) is 9.36 Å². The number of anilines is 1. The van der Waals surface area contributed by atoms with Crippen molar-refractivity contribution in [1.82, 2.24) is 9.55 Å². The van der Waals surface area contributed by atoms with Gasteiger partial charge >= 0.3 is 6.18 Å². The fourth-order valence-electron chi connectivity index (χ4n) is 3.94. The molecule has 0 radical (unpaired) electrons. The Labute approximate surface area is 214 Å². The van der Waals surface area contributed by atoms with E-state index in [9.17, 15) is 46.5 Å². The lowest BCUT2D eigenvalue weighted by molar-refractivity contribution is -0.277. The summed E-state index contributed by atoms with van der Waals surface area (Å²) in [7, 11) is 0. The average Bonchev–Trinajstić information content (AvgIpc) is 2.85. The van der Waals surface area contributed by atoms with Crippen molar-refractivity contribution in [3.8, 4) is 11.4 Å². The Kier molecular flexibility index (Phi) is 7.03. The molecule has 2 heterocycles. The van der Waals surface area contributed by atoms with Gasteiger partial charge in [0.2, 0.25) is 11.5 Å². The lowest BCUT2D eigenvalue weighted by atomic mass is 9.87. The molecule has 0 aliphatic heterocycles. The van der Waals surface area contributed by atoms with Crippen LogP contribution in [0.25, 0.3) is 16.6 Å². The van der Waals surface area contributed by atoms with Crippen LogP contribution in [0.4, 0.5) is 32.0 Å². The van der Waals surface area contributed by atoms with Crippen LogP contribution in [-0.4, -0.2) is 43.3 Å². The molecule has 38 heavy (non-hydrogen) atoms. The molecule has 4 aromatic rings. The molecular formula is C24H16ClF6N3O4. The number of benzene rings is 2. The Hall–Kier alpha value is -3.81. The number of aromatic hydroxyl groups is 1. The van der Waals surface area contributed by atoms with Crippen LogP contribution in [-0.2, 0) is 0 Å². The first-order valence-corrected chi connectivity index (χ1v) is 11.0. The Morgan fingerprint density at radius 2 is 1.76 bits per heavy atom. The number of rotatable bonds is 6. The van der Waals surface area contributed by atoms with Crippen molar-refractivity contribution >= 4 is 28.2 Å². The first-order valence-electron chi connectivity index (χ1n) is 10.6. The highest BCUT2D eigenvalue weighted by Gasteiger charge is 2.59. The zero-order chi connectivity index (χ0) is 28.0. The molecule has 0 spiro atoms. The maximum absolute atomic E-state index is 14.8. The lowest BCUT2D eigenvalue weighted by Gasteiger charge is -2.38. The summed E-state index contributed by atoms with van der Waals surface area (Å²) in [6.07, 6.45) is -4.58. The summed E-state index contributed by atoms with van der Waals surface area (Å²) in [4.78, 5) is 16.1. The maximum Gasteiger partial charge on any atom is 0.421 e. The molecular weight excluding hydrogens is 544 g/mol. The molecule has 0 aliphatic carbocycles. The highest BCUT2D eigenvalue weighted by Crippen LogP contribution is 2.46. The van der Waals surface area contributed by atoms with Gasteiger partial charge in [-0.1, -0.05) is 17.7 Å². The summed E-state index contributed by atoms with van der Waals surface area (Å²) < 4.78 is 85.4. The number of pyridine rings is 2. The number of aliphatic hydroxyl groups is 2. The van der Waals surface area contributed by atoms with E-state index < -0.39 is 69.6 Å². The molecule has 0 saturated carbocycles. The van der Waals surface area contributed by atoms with Crippen LogP contribution >= 0.6 is 11.6 Å². The van der Waals surface area contributed by atoms with E-state index >= 15 is 0 Å². The van der Waals surface area contributed by atoms with E-state index in [1.807, 2.05) is 0 Å². The number of alkyl halides is 3. The fourth-order valence-corrected chi connectivity index (χ4v) is 4.09. The normalized spacial score (nSPS) is 14.3. The Morgan fingerprint density at radius 3 is 2.37 bits per heavy atom. The molecule has 200 valence electrons. The van der Waals surface area contributed by atoms with Crippen molar-refractivity contribution in [2.24, 2.45) is 0 Å². The summed E-state index contributed by atoms with van der Waals surface area (Å²) in [6.45, 7) is -1.95. The van der Waals surface area contributed by atoms with Gasteiger partial charge in [0, 0.05) is 22.7 Å². The van der Waals surface area contributed by atoms with Gasteiger partial charge < -0.3 is 20.6 Å². The third kappa shape index (κ3) is 4.64. The fraction of sp³-hybridized carbons (Fsp3) is 0.167. The molecule has 14 heteroatoms. The van der Waals surface area contributed by atoms with Gasteiger partial charge in [-0.05, 0) is 36.4 Å².